The maximum absolute atomic E-state index is 13.1. The van der Waals surface area contributed by atoms with Crippen LogP contribution < -0.4 is 14.8 Å². The molecule has 0 saturated carbocycles. The lowest BCUT2D eigenvalue weighted by atomic mass is 10.2. The summed E-state index contributed by atoms with van der Waals surface area (Å²) in [5.41, 5.74) is 1.42. The van der Waals surface area contributed by atoms with Gasteiger partial charge in [0.25, 0.3) is 0 Å². The van der Waals surface area contributed by atoms with Crippen LogP contribution in [0.3, 0.4) is 0 Å². The van der Waals surface area contributed by atoms with E-state index >= 15 is 0 Å². The van der Waals surface area contributed by atoms with Crippen LogP contribution in [0.15, 0.2) is 54.9 Å². The molecule has 4 rings (SSSR count). The number of halogens is 1. The number of hydrogen-bond donors (Lipinski definition) is 1. The van der Waals surface area contributed by atoms with E-state index in [1.54, 1.807) is 18.2 Å². The molecule has 36 heavy (non-hydrogen) atoms. The summed E-state index contributed by atoms with van der Waals surface area (Å²) in [6.45, 7) is 4.61. The molecule has 1 aliphatic rings. The fourth-order valence-electron chi connectivity index (χ4n) is 3.76. The van der Waals surface area contributed by atoms with Crippen LogP contribution in [0.1, 0.15) is 31.2 Å². The number of nitrogens with zero attached hydrogens (tertiary/aromatic N) is 3. The van der Waals surface area contributed by atoms with E-state index in [0.717, 1.165) is 30.7 Å². The smallest absolute Gasteiger partial charge is 0.238 e. The number of fused-ring (bicyclic) bond motifs is 2. The summed E-state index contributed by atoms with van der Waals surface area (Å²) in [6, 6.07) is 12.5. The Morgan fingerprint density at radius 1 is 1.03 bits per heavy atom. The van der Waals surface area contributed by atoms with Crippen molar-refractivity contribution in [2.45, 2.75) is 32.7 Å². The van der Waals surface area contributed by atoms with E-state index in [1.807, 2.05) is 41.6 Å². The van der Waals surface area contributed by atoms with Crippen LogP contribution in [-0.4, -0.2) is 53.7 Å². The highest BCUT2D eigenvalue weighted by Crippen LogP contribution is 2.36. The van der Waals surface area contributed by atoms with Gasteiger partial charge in [-0.2, -0.15) is 0 Å². The van der Waals surface area contributed by atoms with E-state index < -0.39 is 0 Å². The van der Waals surface area contributed by atoms with Gasteiger partial charge in [-0.05, 0) is 36.8 Å². The first-order chi connectivity index (χ1) is 17.6. The van der Waals surface area contributed by atoms with Gasteiger partial charge in [-0.15, -0.1) is 0 Å². The molecule has 0 fully saturated rings. The summed E-state index contributed by atoms with van der Waals surface area (Å²) in [5, 5.41) is 3.44. The van der Waals surface area contributed by atoms with Gasteiger partial charge in [0.15, 0.2) is 17.2 Å². The van der Waals surface area contributed by atoms with Gasteiger partial charge in [0.2, 0.25) is 5.91 Å². The third-order valence-electron chi connectivity index (χ3n) is 5.61. The van der Waals surface area contributed by atoms with Gasteiger partial charge in [0.1, 0.15) is 12.4 Å². The van der Waals surface area contributed by atoms with Crippen molar-refractivity contribution in [1.29, 1.82) is 0 Å². The summed E-state index contributed by atoms with van der Waals surface area (Å²) in [6.07, 6.45) is 6.70. The molecule has 190 valence electrons. The van der Waals surface area contributed by atoms with Crippen molar-refractivity contribution in [1.82, 2.24) is 14.9 Å². The number of hydrogen-bond acceptors (Lipinski definition) is 7. The lowest BCUT2D eigenvalue weighted by Crippen LogP contribution is -2.35. The fraction of sp³-hybridized carbons (Fsp3) is 0.370. The molecule has 3 aromatic rings. The van der Waals surface area contributed by atoms with Gasteiger partial charge in [-0.3, -0.25) is 9.69 Å². The van der Waals surface area contributed by atoms with Gasteiger partial charge >= 0.3 is 0 Å². The SMILES string of the molecule is CCCCc1ncc(CN2CCOCCOc3ccccc3Oc3ccc(Cl)cc3NC(=O)C2)cn1. The molecule has 9 heteroatoms. The maximum Gasteiger partial charge on any atom is 0.238 e. The standard InChI is InChI=1S/C27H31ClN4O4/c1-2-3-8-26-29-16-20(17-30-26)18-32-11-12-34-13-14-35-24-6-4-5-7-25(24)36-23-10-9-21(28)15-22(23)31-27(33)19-32/h4-7,9-10,15-17H,2-3,8,11-14,18-19H2,1H3,(H,31,33). The van der Waals surface area contributed by atoms with Gasteiger partial charge in [-0.25, -0.2) is 9.97 Å². The zero-order valence-electron chi connectivity index (χ0n) is 20.4. The number of aryl methyl sites for hydroxylation is 1. The van der Waals surface area contributed by atoms with Crippen LogP contribution in [0.25, 0.3) is 0 Å². The van der Waals surface area contributed by atoms with Gasteiger partial charge in [0.05, 0.1) is 25.4 Å². The highest BCUT2D eigenvalue weighted by molar-refractivity contribution is 6.31. The molecule has 0 atom stereocenters. The average Bonchev–Trinajstić information content (AvgIpc) is 2.88. The van der Waals surface area contributed by atoms with Crippen molar-refractivity contribution in [2.75, 3.05) is 38.2 Å². The Labute approximate surface area is 216 Å². The molecule has 1 N–H and O–H groups in total. The first-order valence-corrected chi connectivity index (χ1v) is 12.6. The van der Waals surface area contributed by atoms with Crippen LogP contribution in [0.2, 0.25) is 5.02 Å². The lowest BCUT2D eigenvalue weighted by molar-refractivity contribution is -0.117. The largest absolute Gasteiger partial charge is 0.487 e. The molecule has 2 aromatic carbocycles. The van der Waals surface area contributed by atoms with E-state index in [1.165, 1.54) is 0 Å². The first kappa shape index (κ1) is 25.9. The molecular formula is C27H31ClN4O4. The summed E-state index contributed by atoms with van der Waals surface area (Å²) in [7, 11) is 0. The van der Waals surface area contributed by atoms with E-state index in [4.69, 9.17) is 25.8 Å². The monoisotopic (exact) mass is 510 g/mol. The summed E-state index contributed by atoms with van der Waals surface area (Å²) in [5.74, 6) is 2.24. The predicted octanol–water partition coefficient (Wildman–Crippen LogP) is 5.11. The highest BCUT2D eigenvalue weighted by atomic mass is 35.5. The lowest BCUT2D eigenvalue weighted by Gasteiger charge is -2.22. The quantitative estimate of drug-likeness (QED) is 0.510. The first-order valence-electron chi connectivity index (χ1n) is 12.2. The number of benzene rings is 2. The maximum atomic E-state index is 13.1. The molecule has 1 aliphatic heterocycles. The topological polar surface area (TPSA) is 85.8 Å². The third-order valence-corrected chi connectivity index (χ3v) is 5.84. The summed E-state index contributed by atoms with van der Waals surface area (Å²) in [4.78, 5) is 24.0. The zero-order chi connectivity index (χ0) is 25.2. The Balaban J connectivity index is 1.51. The van der Waals surface area contributed by atoms with Crippen LogP contribution in [-0.2, 0) is 22.5 Å². The number of anilines is 1. The Bertz CT molecular complexity index is 1140. The molecule has 0 bridgehead atoms. The normalized spacial score (nSPS) is 15.3. The number of ether oxygens (including phenoxy) is 3. The number of aromatic nitrogens is 2. The van der Waals surface area contributed by atoms with E-state index in [2.05, 4.69) is 22.2 Å². The number of nitrogens with one attached hydrogen (secondary N) is 1. The van der Waals surface area contributed by atoms with Crippen molar-refractivity contribution in [2.24, 2.45) is 0 Å². The molecule has 1 amide bonds. The van der Waals surface area contributed by atoms with E-state index in [-0.39, 0.29) is 12.5 Å². The average molecular weight is 511 g/mol. The van der Waals surface area contributed by atoms with Crippen molar-refractivity contribution >= 4 is 23.2 Å². The predicted molar refractivity (Wildman–Crippen MR) is 139 cm³/mol. The van der Waals surface area contributed by atoms with Gasteiger partial charge < -0.3 is 19.5 Å². The van der Waals surface area contributed by atoms with Crippen molar-refractivity contribution in [3.63, 3.8) is 0 Å². The number of amides is 1. The van der Waals surface area contributed by atoms with Crippen LogP contribution in [0, 0.1) is 0 Å². The Morgan fingerprint density at radius 2 is 1.83 bits per heavy atom. The third kappa shape index (κ3) is 7.65. The highest BCUT2D eigenvalue weighted by Gasteiger charge is 2.17. The van der Waals surface area contributed by atoms with Crippen LogP contribution in [0.5, 0.6) is 17.2 Å². The van der Waals surface area contributed by atoms with Gasteiger partial charge in [0, 0.05) is 42.5 Å². The Hall–Kier alpha value is -3.20. The molecule has 0 spiro atoms. The van der Waals surface area contributed by atoms with Crippen LogP contribution in [0.4, 0.5) is 5.69 Å². The Kier molecular flexibility index (Phi) is 9.49. The second-order valence-corrected chi connectivity index (χ2v) is 8.96. The van der Waals surface area contributed by atoms with Gasteiger partial charge in [-0.1, -0.05) is 37.1 Å². The molecule has 2 heterocycles. The van der Waals surface area contributed by atoms with Crippen LogP contribution >= 0.6 is 11.6 Å². The summed E-state index contributed by atoms with van der Waals surface area (Å²) >= 11 is 6.23. The summed E-state index contributed by atoms with van der Waals surface area (Å²) < 4.78 is 17.8. The molecule has 0 unspecified atom stereocenters. The second kappa shape index (κ2) is 13.2. The van der Waals surface area contributed by atoms with Crippen molar-refractivity contribution in [3.8, 4) is 17.2 Å². The minimum absolute atomic E-state index is 0.153. The number of unbranched alkanes of at least 4 members (excludes halogenated alkanes) is 1. The zero-order valence-corrected chi connectivity index (χ0v) is 21.2. The number of para-hydroxylation sites is 2. The fourth-order valence-corrected chi connectivity index (χ4v) is 3.93. The molecule has 0 radical (unpaired) electrons. The molecule has 8 nitrogen and oxygen atoms in total. The van der Waals surface area contributed by atoms with E-state index in [0.29, 0.717) is 60.9 Å². The van der Waals surface area contributed by atoms with E-state index in [9.17, 15) is 4.79 Å². The molecule has 0 saturated heterocycles. The number of carbonyl (C=O) groups is 1. The van der Waals surface area contributed by atoms with Crippen molar-refractivity contribution < 1.29 is 19.0 Å². The molecule has 0 aliphatic carbocycles. The number of carbonyl (C=O) groups excluding carboxylic acids is 1. The number of rotatable bonds is 5. The minimum Gasteiger partial charge on any atom is -0.487 e. The second-order valence-electron chi connectivity index (χ2n) is 8.52. The Morgan fingerprint density at radius 3 is 2.64 bits per heavy atom. The minimum atomic E-state index is -0.193. The molecule has 1 aromatic heterocycles. The van der Waals surface area contributed by atoms with Crippen molar-refractivity contribution in [3.05, 3.63) is 71.3 Å². The molecular weight excluding hydrogens is 480 g/mol.